The molecule has 0 spiro atoms. The molecule has 0 bridgehead atoms. The van der Waals surface area contributed by atoms with Gasteiger partial charge in [-0.25, -0.2) is 0 Å². The Morgan fingerprint density at radius 1 is 1.38 bits per heavy atom. The van der Waals surface area contributed by atoms with Gasteiger partial charge in [0.1, 0.15) is 17.1 Å². The van der Waals surface area contributed by atoms with Gasteiger partial charge in [0, 0.05) is 19.1 Å². The van der Waals surface area contributed by atoms with Crippen molar-refractivity contribution < 1.29 is 19.0 Å². The van der Waals surface area contributed by atoms with Crippen LogP contribution in [0.3, 0.4) is 0 Å². The summed E-state index contributed by atoms with van der Waals surface area (Å²) in [4.78, 5) is 12.1. The van der Waals surface area contributed by atoms with Crippen LogP contribution in [0.5, 0.6) is 11.5 Å². The van der Waals surface area contributed by atoms with Crippen molar-refractivity contribution in [1.82, 2.24) is 0 Å². The molecule has 114 valence electrons. The third kappa shape index (κ3) is 3.38. The van der Waals surface area contributed by atoms with Crippen LogP contribution in [0, 0.1) is 0 Å². The topological polar surface area (TPSA) is 44.8 Å². The summed E-state index contributed by atoms with van der Waals surface area (Å²) in [7, 11) is 0. The molecule has 3 rings (SSSR count). The van der Waals surface area contributed by atoms with Crippen LogP contribution in [0.4, 0.5) is 0 Å². The van der Waals surface area contributed by atoms with Crippen LogP contribution in [-0.4, -0.2) is 30.7 Å². The first-order valence-electron chi connectivity index (χ1n) is 7.64. The van der Waals surface area contributed by atoms with Crippen molar-refractivity contribution in [2.75, 3.05) is 13.2 Å². The van der Waals surface area contributed by atoms with E-state index in [1.165, 1.54) is 0 Å². The summed E-state index contributed by atoms with van der Waals surface area (Å²) < 4.78 is 17.2. The molecule has 0 aromatic heterocycles. The van der Waals surface area contributed by atoms with Crippen molar-refractivity contribution in [2.45, 2.75) is 51.2 Å². The van der Waals surface area contributed by atoms with E-state index >= 15 is 0 Å². The molecule has 1 aromatic rings. The standard InChI is InChI=1S/C17H22O4/c1-17(2)11-15(18)14-6-5-13(10-16(14)21-17)20-9-7-12-4-3-8-19-12/h5-6,10,12H,3-4,7-9,11H2,1-2H3. The number of ketones is 1. The number of carbonyl (C=O) groups is 1. The van der Waals surface area contributed by atoms with Crippen LogP contribution < -0.4 is 9.47 Å². The summed E-state index contributed by atoms with van der Waals surface area (Å²) in [5.41, 5.74) is 0.209. The number of hydrogen-bond donors (Lipinski definition) is 0. The molecule has 4 nitrogen and oxygen atoms in total. The molecule has 0 aliphatic carbocycles. The van der Waals surface area contributed by atoms with Crippen LogP contribution in [0.1, 0.15) is 49.9 Å². The first-order valence-corrected chi connectivity index (χ1v) is 7.64. The molecule has 4 heteroatoms. The third-order valence-electron chi connectivity index (χ3n) is 3.96. The van der Waals surface area contributed by atoms with Gasteiger partial charge in [-0.15, -0.1) is 0 Å². The molecule has 1 unspecified atom stereocenters. The highest BCUT2D eigenvalue weighted by Gasteiger charge is 2.32. The van der Waals surface area contributed by atoms with Crippen LogP contribution in [-0.2, 0) is 4.74 Å². The predicted octanol–water partition coefficient (Wildman–Crippen LogP) is 3.38. The van der Waals surface area contributed by atoms with Crippen LogP contribution in [0.15, 0.2) is 18.2 Å². The third-order valence-corrected chi connectivity index (χ3v) is 3.96. The first-order chi connectivity index (χ1) is 10.0. The maximum Gasteiger partial charge on any atom is 0.170 e. The molecule has 21 heavy (non-hydrogen) atoms. The van der Waals surface area contributed by atoms with Crippen molar-refractivity contribution >= 4 is 5.78 Å². The fourth-order valence-corrected chi connectivity index (χ4v) is 2.90. The number of fused-ring (bicyclic) bond motifs is 1. The largest absolute Gasteiger partial charge is 0.493 e. The van der Waals surface area contributed by atoms with Crippen molar-refractivity contribution in [3.8, 4) is 11.5 Å². The lowest BCUT2D eigenvalue weighted by molar-refractivity contribution is 0.0617. The maximum atomic E-state index is 12.1. The Morgan fingerprint density at radius 2 is 2.24 bits per heavy atom. The zero-order chi connectivity index (χ0) is 14.9. The molecule has 1 saturated heterocycles. The van der Waals surface area contributed by atoms with E-state index in [0.29, 0.717) is 30.4 Å². The quantitative estimate of drug-likeness (QED) is 0.852. The normalized spacial score (nSPS) is 23.5. The molecule has 2 heterocycles. The molecule has 1 fully saturated rings. The maximum absolute atomic E-state index is 12.1. The molecule has 1 aromatic carbocycles. The van der Waals surface area contributed by atoms with Crippen LogP contribution >= 0.6 is 0 Å². The second-order valence-corrected chi connectivity index (χ2v) is 6.39. The van der Waals surface area contributed by atoms with Crippen molar-refractivity contribution in [3.05, 3.63) is 23.8 Å². The van der Waals surface area contributed by atoms with Gasteiger partial charge in [0.25, 0.3) is 0 Å². The highest BCUT2D eigenvalue weighted by atomic mass is 16.5. The lowest BCUT2D eigenvalue weighted by Crippen LogP contribution is -2.35. The van der Waals surface area contributed by atoms with Crippen LogP contribution in [0.2, 0.25) is 0 Å². The fraction of sp³-hybridized carbons (Fsp3) is 0.588. The number of carbonyl (C=O) groups excluding carboxylic acids is 1. The van der Waals surface area contributed by atoms with E-state index in [4.69, 9.17) is 14.2 Å². The van der Waals surface area contributed by atoms with Gasteiger partial charge in [-0.3, -0.25) is 4.79 Å². The molecule has 2 aliphatic rings. The minimum Gasteiger partial charge on any atom is -0.493 e. The highest BCUT2D eigenvalue weighted by molar-refractivity contribution is 6.00. The monoisotopic (exact) mass is 290 g/mol. The van der Waals surface area contributed by atoms with Crippen molar-refractivity contribution in [1.29, 1.82) is 0 Å². The zero-order valence-electron chi connectivity index (χ0n) is 12.7. The average Bonchev–Trinajstić information content (AvgIpc) is 2.90. The molecule has 0 saturated carbocycles. The average molecular weight is 290 g/mol. The van der Waals surface area contributed by atoms with E-state index in [0.717, 1.165) is 31.6 Å². The second-order valence-electron chi connectivity index (χ2n) is 6.39. The highest BCUT2D eigenvalue weighted by Crippen LogP contribution is 2.35. The minimum absolute atomic E-state index is 0.132. The summed E-state index contributed by atoms with van der Waals surface area (Å²) >= 11 is 0. The zero-order valence-corrected chi connectivity index (χ0v) is 12.7. The molecular weight excluding hydrogens is 268 g/mol. The van der Waals surface area contributed by atoms with Gasteiger partial charge < -0.3 is 14.2 Å². The van der Waals surface area contributed by atoms with Crippen LogP contribution in [0.25, 0.3) is 0 Å². The molecule has 0 N–H and O–H groups in total. The first kappa shape index (κ1) is 14.4. The van der Waals surface area contributed by atoms with Gasteiger partial charge in [0.2, 0.25) is 0 Å². The fourth-order valence-electron chi connectivity index (χ4n) is 2.90. The Hall–Kier alpha value is -1.55. The van der Waals surface area contributed by atoms with E-state index in [-0.39, 0.29) is 5.78 Å². The Kier molecular flexibility index (Phi) is 3.89. The van der Waals surface area contributed by atoms with E-state index in [9.17, 15) is 4.79 Å². The van der Waals surface area contributed by atoms with E-state index in [2.05, 4.69) is 0 Å². The summed E-state index contributed by atoms with van der Waals surface area (Å²) in [6, 6.07) is 5.46. The second kappa shape index (κ2) is 5.68. The van der Waals surface area contributed by atoms with E-state index in [1.54, 1.807) is 6.07 Å². The van der Waals surface area contributed by atoms with Gasteiger partial charge in [0.05, 0.1) is 24.7 Å². The van der Waals surface area contributed by atoms with Gasteiger partial charge >= 0.3 is 0 Å². The van der Waals surface area contributed by atoms with Crippen molar-refractivity contribution in [3.63, 3.8) is 0 Å². The lowest BCUT2D eigenvalue weighted by atomic mass is 9.93. The predicted molar refractivity (Wildman–Crippen MR) is 79.2 cm³/mol. The summed E-state index contributed by atoms with van der Waals surface area (Å²) in [5.74, 6) is 1.51. The number of ether oxygens (including phenoxy) is 3. The molecule has 1 atom stereocenters. The summed E-state index contributed by atoms with van der Waals surface area (Å²) in [6.45, 7) is 5.35. The molecule has 0 radical (unpaired) electrons. The summed E-state index contributed by atoms with van der Waals surface area (Å²) in [6.07, 6.45) is 3.93. The summed E-state index contributed by atoms with van der Waals surface area (Å²) in [5, 5.41) is 0. The lowest BCUT2D eigenvalue weighted by Gasteiger charge is -2.31. The van der Waals surface area contributed by atoms with Gasteiger partial charge in [-0.2, -0.15) is 0 Å². The number of Topliss-reactive ketones (excluding diaryl/α,β-unsaturated/α-hetero) is 1. The van der Waals surface area contributed by atoms with Crippen molar-refractivity contribution in [2.24, 2.45) is 0 Å². The molecular formula is C17H22O4. The number of benzene rings is 1. The Morgan fingerprint density at radius 3 is 3.00 bits per heavy atom. The molecule has 2 aliphatic heterocycles. The van der Waals surface area contributed by atoms with E-state index < -0.39 is 5.60 Å². The number of rotatable bonds is 4. The minimum atomic E-state index is -0.444. The number of hydrogen-bond acceptors (Lipinski definition) is 4. The Labute approximate surface area is 125 Å². The van der Waals surface area contributed by atoms with E-state index in [1.807, 2.05) is 26.0 Å². The van der Waals surface area contributed by atoms with Gasteiger partial charge in [0.15, 0.2) is 5.78 Å². The molecule has 0 amide bonds. The smallest absolute Gasteiger partial charge is 0.170 e. The van der Waals surface area contributed by atoms with Gasteiger partial charge in [-0.05, 0) is 38.8 Å². The Balaban J connectivity index is 1.63. The van der Waals surface area contributed by atoms with Gasteiger partial charge in [-0.1, -0.05) is 0 Å². The SMILES string of the molecule is CC1(C)CC(=O)c2ccc(OCCC3CCCO3)cc2O1. The Bertz CT molecular complexity index is 530.